The molecular formula is C26H39N5O5. The summed E-state index contributed by atoms with van der Waals surface area (Å²) < 4.78 is 0. The standard InChI is InChI=1S/C26H39N5O5/c1-15(30(5)25(35)36)22(32)29-21(26(2,3)4)24(34)31-14-17(27)13-20(31)23(33)28-19-12-8-10-16-9-6-7-11-18(16)19/h6-7,9,11,15,17,19-21H,8,10,12-14,27H2,1-5H3,(H,28,33)(H,29,32)(H,35,36)/t15?,17-,19+,20-,21?/m0/s1. The Morgan fingerprint density at radius 1 is 1.19 bits per heavy atom. The van der Waals surface area contributed by atoms with Gasteiger partial charge in [0.2, 0.25) is 17.7 Å². The van der Waals surface area contributed by atoms with Gasteiger partial charge in [0.05, 0.1) is 6.04 Å². The van der Waals surface area contributed by atoms with Gasteiger partial charge < -0.3 is 26.4 Å². The summed E-state index contributed by atoms with van der Waals surface area (Å²) in [7, 11) is 1.30. The Morgan fingerprint density at radius 3 is 2.50 bits per heavy atom. The Hall–Kier alpha value is -3.14. The largest absolute Gasteiger partial charge is 0.465 e. The van der Waals surface area contributed by atoms with E-state index in [1.165, 1.54) is 24.4 Å². The normalized spacial score (nSPS) is 23.3. The first-order valence-electron chi connectivity index (χ1n) is 12.5. The summed E-state index contributed by atoms with van der Waals surface area (Å²) in [5.74, 6) is -1.24. The highest BCUT2D eigenvalue weighted by atomic mass is 16.4. The maximum Gasteiger partial charge on any atom is 0.407 e. The number of rotatable bonds is 6. The zero-order valence-corrected chi connectivity index (χ0v) is 21.8. The van der Waals surface area contributed by atoms with Crippen LogP contribution in [0.2, 0.25) is 0 Å². The first-order chi connectivity index (χ1) is 16.8. The van der Waals surface area contributed by atoms with Crippen molar-refractivity contribution in [1.29, 1.82) is 0 Å². The molecule has 1 heterocycles. The molecule has 5 atom stereocenters. The van der Waals surface area contributed by atoms with Gasteiger partial charge in [-0.1, -0.05) is 45.0 Å². The minimum atomic E-state index is -1.25. The number of carbonyl (C=O) groups is 4. The number of likely N-dealkylation sites (N-methyl/N-ethyl adjacent to an activating group) is 1. The molecule has 10 heteroatoms. The molecule has 0 radical (unpaired) electrons. The smallest absolute Gasteiger partial charge is 0.407 e. The predicted molar refractivity (Wildman–Crippen MR) is 135 cm³/mol. The van der Waals surface area contributed by atoms with Crippen molar-refractivity contribution < 1.29 is 24.3 Å². The van der Waals surface area contributed by atoms with Gasteiger partial charge in [0.25, 0.3) is 0 Å². The summed E-state index contributed by atoms with van der Waals surface area (Å²) in [6.45, 7) is 7.09. The summed E-state index contributed by atoms with van der Waals surface area (Å²) >= 11 is 0. The minimum Gasteiger partial charge on any atom is -0.465 e. The van der Waals surface area contributed by atoms with Crippen LogP contribution >= 0.6 is 0 Å². The summed E-state index contributed by atoms with van der Waals surface area (Å²) in [6.07, 6.45) is 1.85. The van der Waals surface area contributed by atoms with E-state index in [-0.39, 0.29) is 24.5 Å². The zero-order valence-electron chi connectivity index (χ0n) is 21.8. The minimum absolute atomic E-state index is 0.123. The van der Waals surface area contributed by atoms with Crippen molar-refractivity contribution in [3.05, 3.63) is 35.4 Å². The molecule has 36 heavy (non-hydrogen) atoms. The predicted octanol–water partition coefficient (Wildman–Crippen LogP) is 1.64. The van der Waals surface area contributed by atoms with Crippen LogP contribution in [0.15, 0.2) is 24.3 Å². The van der Waals surface area contributed by atoms with Gasteiger partial charge in [0.15, 0.2) is 0 Å². The molecule has 1 aromatic carbocycles. The molecule has 1 aliphatic carbocycles. The van der Waals surface area contributed by atoms with Crippen molar-refractivity contribution in [2.75, 3.05) is 13.6 Å². The van der Waals surface area contributed by atoms with E-state index in [1.807, 2.05) is 39.0 Å². The van der Waals surface area contributed by atoms with E-state index in [9.17, 15) is 24.3 Å². The zero-order chi connectivity index (χ0) is 26.8. The number of benzene rings is 1. The number of hydrogen-bond donors (Lipinski definition) is 4. The van der Waals surface area contributed by atoms with Gasteiger partial charge in [0.1, 0.15) is 18.1 Å². The van der Waals surface area contributed by atoms with Crippen LogP contribution in [0.1, 0.15) is 64.1 Å². The van der Waals surface area contributed by atoms with Crippen LogP contribution in [0.5, 0.6) is 0 Å². The number of amides is 4. The molecule has 5 N–H and O–H groups in total. The van der Waals surface area contributed by atoms with Gasteiger partial charge in [-0.3, -0.25) is 19.3 Å². The summed E-state index contributed by atoms with van der Waals surface area (Å²) in [6, 6.07) is 4.87. The quantitative estimate of drug-likeness (QED) is 0.466. The Morgan fingerprint density at radius 2 is 1.86 bits per heavy atom. The number of carbonyl (C=O) groups excluding carboxylic acids is 3. The Kier molecular flexibility index (Phi) is 8.28. The third-order valence-electron chi connectivity index (χ3n) is 7.27. The van der Waals surface area contributed by atoms with E-state index in [0.29, 0.717) is 6.42 Å². The Bertz CT molecular complexity index is 1010. The maximum atomic E-state index is 13.8. The van der Waals surface area contributed by atoms with E-state index >= 15 is 0 Å². The molecule has 0 spiro atoms. The molecule has 1 fully saturated rings. The molecular weight excluding hydrogens is 462 g/mol. The lowest BCUT2D eigenvalue weighted by molar-refractivity contribution is -0.144. The molecule has 0 saturated carbocycles. The van der Waals surface area contributed by atoms with Gasteiger partial charge in [-0.05, 0) is 49.1 Å². The first kappa shape index (κ1) is 27.4. The number of nitrogens with two attached hydrogens (primary N) is 1. The third kappa shape index (κ3) is 5.98. The number of aryl methyl sites for hydroxylation is 1. The van der Waals surface area contributed by atoms with Gasteiger partial charge in [-0.2, -0.15) is 0 Å². The molecule has 2 unspecified atom stereocenters. The van der Waals surface area contributed by atoms with Crippen molar-refractivity contribution >= 4 is 23.8 Å². The van der Waals surface area contributed by atoms with Crippen molar-refractivity contribution in [2.24, 2.45) is 11.1 Å². The lowest BCUT2D eigenvalue weighted by Gasteiger charge is -2.37. The van der Waals surface area contributed by atoms with Crippen molar-refractivity contribution in [3.63, 3.8) is 0 Å². The molecule has 3 rings (SSSR count). The summed E-state index contributed by atoms with van der Waals surface area (Å²) in [5, 5.41) is 15.1. The van der Waals surface area contributed by atoms with Gasteiger partial charge >= 0.3 is 6.09 Å². The number of likely N-dealkylation sites (tertiary alicyclic amines) is 1. The number of carboxylic acid groups (broad SMARTS) is 1. The lowest BCUT2D eigenvalue weighted by atomic mass is 9.85. The second-order valence-corrected chi connectivity index (χ2v) is 11.0. The molecule has 198 valence electrons. The maximum absolute atomic E-state index is 13.8. The molecule has 4 amide bonds. The summed E-state index contributed by atoms with van der Waals surface area (Å²) in [5.41, 5.74) is 7.84. The lowest BCUT2D eigenvalue weighted by Crippen LogP contribution is -2.60. The van der Waals surface area contributed by atoms with Crippen LogP contribution in [0.3, 0.4) is 0 Å². The third-order valence-corrected chi connectivity index (χ3v) is 7.27. The van der Waals surface area contributed by atoms with Crippen molar-refractivity contribution in [3.8, 4) is 0 Å². The SMILES string of the molecule is CC(C(=O)NC(C(=O)N1C[C@@H](N)C[C@H]1C(=O)N[C@@H]1CCCc2ccccc21)C(C)(C)C)N(C)C(=O)O. The average Bonchev–Trinajstić information content (AvgIpc) is 3.22. The highest BCUT2D eigenvalue weighted by Gasteiger charge is 2.45. The molecule has 0 aromatic heterocycles. The van der Waals surface area contributed by atoms with Crippen LogP contribution in [-0.4, -0.2) is 76.5 Å². The van der Waals surface area contributed by atoms with Crippen molar-refractivity contribution in [2.45, 2.75) is 83.6 Å². The fourth-order valence-electron chi connectivity index (χ4n) is 4.95. The van der Waals surface area contributed by atoms with E-state index in [0.717, 1.165) is 29.7 Å². The van der Waals surface area contributed by atoms with E-state index < -0.39 is 41.4 Å². The fourth-order valence-corrected chi connectivity index (χ4v) is 4.95. The summed E-state index contributed by atoms with van der Waals surface area (Å²) in [4.78, 5) is 53.6. The Balaban J connectivity index is 1.78. The average molecular weight is 502 g/mol. The molecule has 1 aliphatic heterocycles. The van der Waals surface area contributed by atoms with Crippen molar-refractivity contribution in [1.82, 2.24) is 20.4 Å². The number of fused-ring (bicyclic) bond motifs is 1. The van der Waals surface area contributed by atoms with Gasteiger partial charge in [-0.25, -0.2) is 4.79 Å². The van der Waals surface area contributed by atoms with Gasteiger partial charge in [0, 0.05) is 19.6 Å². The molecule has 1 saturated heterocycles. The molecule has 1 aromatic rings. The van der Waals surface area contributed by atoms with E-state index in [4.69, 9.17) is 5.73 Å². The second kappa shape index (κ2) is 10.9. The van der Waals surface area contributed by atoms with Crippen LogP contribution in [0, 0.1) is 5.41 Å². The Labute approximate surface area is 212 Å². The van der Waals surface area contributed by atoms with Crippen LogP contribution in [0.25, 0.3) is 0 Å². The molecule has 2 aliphatic rings. The van der Waals surface area contributed by atoms with E-state index in [1.54, 1.807) is 0 Å². The second-order valence-electron chi connectivity index (χ2n) is 11.0. The van der Waals surface area contributed by atoms with E-state index in [2.05, 4.69) is 16.7 Å². The fraction of sp³-hybridized carbons (Fsp3) is 0.615. The molecule has 10 nitrogen and oxygen atoms in total. The van der Waals surface area contributed by atoms with Crippen LogP contribution in [-0.2, 0) is 20.8 Å². The number of nitrogens with zero attached hydrogens (tertiary/aromatic N) is 2. The highest BCUT2D eigenvalue weighted by Crippen LogP contribution is 2.31. The first-order valence-corrected chi connectivity index (χ1v) is 12.5. The topological polar surface area (TPSA) is 145 Å². The van der Waals surface area contributed by atoms with Crippen LogP contribution in [0.4, 0.5) is 4.79 Å². The van der Waals surface area contributed by atoms with Crippen LogP contribution < -0.4 is 16.4 Å². The highest BCUT2D eigenvalue weighted by molar-refractivity contribution is 5.94. The monoisotopic (exact) mass is 501 g/mol. The number of hydrogen-bond acceptors (Lipinski definition) is 5. The number of nitrogens with one attached hydrogen (secondary N) is 2. The van der Waals surface area contributed by atoms with Gasteiger partial charge in [-0.15, -0.1) is 0 Å². The molecule has 0 bridgehead atoms.